The van der Waals surface area contributed by atoms with E-state index >= 15 is 0 Å². The van der Waals surface area contributed by atoms with Gasteiger partial charge in [-0.05, 0) is 50.2 Å². The third-order valence-corrected chi connectivity index (χ3v) is 5.20. The van der Waals surface area contributed by atoms with Gasteiger partial charge in [-0.2, -0.15) is 0 Å². The van der Waals surface area contributed by atoms with Crippen molar-refractivity contribution in [2.24, 2.45) is 0 Å². The Morgan fingerprint density at radius 1 is 0.774 bits per heavy atom. The molecule has 2 amide bonds. The van der Waals surface area contributed by atoms with Crippen LogP contribution in [0.4, 0.5) is 11.4 Å². The molecular weight excluding hydrogens is 412 g/mol. The van der Waals surface area contributed by atoms with Gasteiger partial charge >= 0.3 is 11.8 Å². The molecule has 7 heteroatoms. The Hall–Kier alpha value is -3.45. The van der Waals surface area contributed by atoms with Crippen LogP contribution >= 0.6 is 11.8 Å². The van der Waals surface area contributed by atoms with Crippen LogP contribution in [0.15, 0.2) is 82.6 Å². The zero-order chi connectivity index (χ0) is 22.1. The van der Waals surface area contributed by atoms with Gasteiger partial charge in [0.15, 0.2) is 11.5 Å². The van der Waals surface area contributed by atoms with Crippen LogP contribution in [-0.4, -0.2) is 25.0 Å². The van der Waals surface area contributed by atoms with E-state index in [1.165, 1.54) is 11.8 Å². The molecule has 0 atom stereocenters. The quantitative estimate of drug-likeness (QED) is 0.474. The third-order valence-electron chi connectivity index (χ3n) is 4.11. The number of anilines is 2. The van der Waals surface area contributed by atoms with Gasteiger partial charge in [-0.1, -0.05) is 42.1 Å². The Balaban J connectivity index is 1.69. The van der Waals surface area contributed by atoms with Crippen molar-refractivity contribution in [1.29, 1.82) is 0 Å². The minimum Gasteiger partial charge on any atom is -0.490 e. The van der Waals surface area contributed by atoms with Crippen molar-refractivity contribution < 1.29 is 19.1 Å². The van der Waals surface area contributed by atoms with Crippen molar-refractivity contribution in [3.8, 4) is 11.5 Å². The van der Waals surface area contributed by atoms with Crippen molar-refractivity contribution in [2.75, 3.05) is 23.8 Å². The summed E-state index contributed by atoms with van der Waals surface area (Å²) in [5.41, 5.74) is 1.01. The predicted octanol–water partition coefficient (Wildman–Crippen LogP) is 5.21. The van der Waals surface area contributed by atoms with Gasteiger partial charge in [0.25, 0.3) is 0 Å². The number of hydrogen-bond donors (Lipinski definition) is 2. The molecule has 3 aromatic rings. The number of ether oxygens (including phenoxy) is 2. The van der Waals surface area contributed by atoms with Gasteiger partial charge < -0.3 is 20.1 Å². The Kier molecular flexibility index (Phi) is 7.95. The van der Waals surface area contributed by atoms with E-state index in [0.29, 0.717) is 36.1 Å². The second-order valence-electron chi connectivity index (χ2n) is 6.35. The standard InChI is InChI=1S/C24H24N2O4S/c1-3-29-20-15-14-17(16-21(20)30-4-2)25-23(27)24(28)26-19-12-8-9-13-22(19)31-18-10-6-5-7-11-18/h5-16H,3-4H2,1-2H3,(H,25,27)(H,26,28). The smallest absolute Gasteiger partial charge is 0.314 e. The number of benzene rings is 3. The number of carbonyl (C=O) groups excluding carboxylic acids is 2. The zero-order valence-corrected chi connectivity index (χ0v) is 18.2. The Labute approximate surface area is 186 Å². The Morgan fingerprint density at radius 3 is 2.16 bits per heavy atom. The lowest BCUT2D eigenvalue weighted by Crippen LogP contribution is -2.29. The largest absolute Gasteiger partial charge is 0.490 e. The fraction of sp³-hybridized carbons (Fsp3) is 0.167. The molecule has 0 saturated carbocycles. The predicted molar refractivity (Wildman–Crippen MR) is 123 cm³/mol. The normalized spacial score (nSPS) is 10.3. The van der Waals surface area contributed by atoms with Crippen molar-refractivity contribution >= 4 is 35.0 Å². The van der Waals surface area contributed by atoms with Gasteiger partial charge in [-0.15, -0.1) is 0 Å². The number of amides is 2. The summed E-state index contributed by atoms with van der Waals surface area (Å²) in [6.45, 7) is 4.69. The monoisotopic (exact) mass is 436 g/mol. The highest BCUT2D eigenvalue weighted by molar-refractivity contribution is 7.99. The number of hydrogen-bond acceptors (Lipinski definition) is 5. The first-order chi connectivity index (χ1) is 15.1. The van der Waals surface area contributed by atoms with Crippen LogP contribution in [0.1, 0.15) is 13.8 Å². The summed E-state index contributed by atoms with van der Waals surface area (Å²) in [5.74, 6) is -0.440. The number of nitrogens with one attached hydrogen (secondary N) is 2. The molecule has 0 saturated heterocycles. The topological polar surface area (TPSA) is 76.7 Å². The molecule has 3 rings (SSSR count). The average Bonchev–Trinajstić information content (AvgIpc) is 2.78. The molecule has 0 heterocycles. The van der Waals surface area contributed by atoms with Crippen LogP contribution in [0.2, 0.25) is 0 Å². The van der Waals surface area contributed by atoms with Crippen LogP contribution in [0.5, 0.6) is 11.5 Å². The van der Waals surface area contributed by atoms with E-state index in [1.54, 1.807) is 24.3 Å². The lowest BCUT2D eigenvalue weighted by molar-refractivity contribution is -0.133. The van der Waals surface area contributed by atoms with Crippen molar-refractivity contribution in [3.05, 3.63) is 72.8 Å². The van der Waals surface area contributed by atoms with E-state index in [1.807, 2.05) is 62.4 Å². The molecule has 0 aromatic heterocycles. The second kappa shape index (κ2) is 11.1. The molecule has 0 unspecified atom stereocenters. The summed E-state index contributed by atoms with van der Waals surface area (Å²) in [5, 5.41) is 5.30. The van der Waals surface area contributed by atoms with E-state index in [9.17, 15) is 9.59 Å². The van der Waals surface area contributed by atoms with E-state index in [2.05, 4.69) is 10.6 Å². The molecule has 0 bridgehead atoms. The maximum Gasteiger partial charge on any atom is 0.314 e. The molecule has 0 aliphatic rings. The lowest BCUT2D eigenvalue weighted by Gasteiger charge is -2.13. The molecule has 0 spiro atoms. The first-order valence-corrected chi connectivity index (χ1v) is 10.8. The Bertz CT molecular complexity index is 1040. The molecular formula is C24H24N2O4S. The Morgan fingerprint density at radius 2 is 1.42 bits per heavy atom. The van der Waals surface area contributed by atoms with Gasteiger partial charge in [0.2, 0.25) is 0 Å². The average molecular weight is 437 g/mol. The molecule has 160 valence electrons. The molecule has 0 fully saturated rings. The summed E-state index contributed by atoms with van der Waals surface area (Å²) in [7, 11) is 0. The highest BCUT2D eigenvalue weighted by Gasteiger charge is 2.17. The molecule has 0 aliphatic carbocycles. The van der Waals surface area contributed by atoms with Crippen LogP contribution in [-0.2, 0) is 9.59 Å². The molecule has 6 nitrogen and oxygen atoms in total. The first kappa shape index (κ1) is 22.2. The van der Waals surface area contributed by atoms with Crippen molar-refractivity contribution in [3.63, 3.8) is 0 Å². The summed E-state index contributed by atoms with van der Waals surface area (Å²) in [4.78, 5) is 26.9. The highest BCUT2D eigenvalue weighted by Crippen LogP contribution is 2.33. The molecule has 0 aliphatic heterocycles. The van der Waals surface area contributed by atoms with Crippen LogP contribution in [0.3, 0.4) is 0 Å². The van der Waals surface area contributed by atoms with Gasteiger partial charge in [0.05, 0.1) is 18.9 Å². The van der Waals surface area contributed by atoms with Gasteiger partial charge in [0, 0.05) is 21.5 Å². The van der Waals surface area contributed by atoms with E-state index in [4.69, 9.17) is 9.47 Å². The minimum absolute atomic E-state index is 0.444. The number of rotatable bonds is 8. The van der Waals surface area contributed by atoms with Gasteiger partial charge in [0.1, 0.15) is 0 Å². The lowest BCUT2D eigenvalue weighted by atomic mass is 10.2. The SMILES string of the molecule is CCOc1ccc(NC(=O)C(=O)Nc2ccccc2Sc2ccccc2)cc1OCC. The van der Waals surface area contributed by atoms with Gasteiger partial charge in [-0.25, -0.2) is 0 Å². The minimum atomic E-state index is -0.772. The molecule has 2 N–H and O–H groups in total. The first-order valence-electron chi connectivity index (χ1n) is 9.94. The van der Waals surface area contributed by atoms with E-state index < -0.39 is 11.8 Å². The van der Waals surface area contributed by atoms with Crippen LogP contribution in [0.25, 0.3) is 0 Å². The summed E-state index contributed by atoms with van der Waals surface area (Å²) < 4.78 is 11.1. The van der Waals surface area contributed by atoms with E-state index in [0.717, 1.165) is 9.79 Å². The number of carbonyl (C=O) groups is 2. The van der Waals surface area contributed by atoms with Crippen LogP contribution < -0.4 is 20.1 Å². The summed E-state index contributed by atoms with van der Waals surface area (Å²) in [6.07, 6.45) is 0. The highest BCUT2D eigenvalue weighted by atomic mass is 32.2. The van der Waals surface area contributed by atoms with E-state index in [-0.39, 0.29) is 0 Å². The number of para-hydroxylation sites is 1. The van der Waals surface area contributed by atoms with Crippen LogP contribution in [0, 0.1) is 0 Å². The van der Waals surface area contributed by atoms with Crippen molar-refractivity contribution in [2.45, 2.75) is 23.6 Å². The van der Waals surface area contributed by atoms with Crippen molar-refractivity contribution in [1.82, 2.24) is 0 Å². The maximum atomic E-state index is 12.5. The molecule has 3 aromatic carbocycles. The molecule has 0 radical (unpaired) electrons. The summed E-state index contributed by atoms with van der Waals surface area (Å²) >= 11 is 1.51. The second-order valence-corrected chi connectivity index (χ2v) is 7.46. The summed E-state index contributed by atoms with van der Waals surface area (Å²) in [6, 6.07) is 22.2. The van der Waals surface area contributed by atoms with Gasteiger partial charge in [-0.3, -0.25) is 9.59 Å². The fourth-order valence-corrected chi connectivity index (χ4v) is 3.69. The zero-order valence-electron chi connectivity index (χ0n) is 17.4. The fourth-order valence-electron chi connectivity index (χ4n) is 2.77. The maximum absolute atomic E-state index is 12.5. The third kappa shape index (κ3) is 6.26. The molecule has 31 heavy (non-hydrogen) atoms.